The average molecular weight is 600 g/mol. The van der Waals surface area contributed by atoms with Gasteiger partial charge in [0.15, 0.2) is 14.4 Å². The maximum Gasteiger partial charge on any atom is 0.332 e. The molecule has 11 heteroatoms. The van der Waals surface area contributed by atoms with Gasteiger partial charge in [-0.3, -0.25) is 0 Å². The molecule has 1 aliphatic heterocycles. The normalized spacial score (nSPS) is 22.9. The van der Waals surface area contributed by atoms with Crippen LogP contribution < -0.4 is 0 Å². The molecular weight excluding hydrogens is 564 g/mol. The Kier molecular flexibility index (Phi) is 8.12. The first-order valence-corrected chi connectivity index (χ1v) is 17.9. The van der Waals surface area contributed by atoms with Crippen molar-refractivity contribution in [2.45, 2.75) is 94.1 Å². The second-order valence-electron chi connectivity index (χ2n) is 12.3. The van der Waals surface area contributed by atoms with E-state index in [4.69, 9.17) is 16.0 Å². The summed E-state index contributed by atoms with van der Waals surface area (Å²) < 4.78 is 65.0. The largest absolute Gasteiger partial charge is 0.479 e. The molecule has 2 aromatic carbocycles. The van der Waals surface area contributed by atoms with Gasteiger partial charge in [0.1, 0.15) is 11.6 Å². The van der Waals surface area contributed by atoms with Crippen LogP contribution in [0.15, 0.2) is 47.4 Å². The number of benzene rings is 2. The van der Waals surface area contributed by atoms with Crippen LogP contribution >= 0.6 is 11.6 Å². The predicted octanol–water partition coefficient (Wildman–Crippen LogP) is 7.16. The molecule has 0 bridgehead atoms. The van der Waals surface area contributed by atoms with Crippen LogP contribution in [0.25, 0.3) is 0 Å². The molecule has 0 spiro atoms. The van der Waals surface area contributed by atoms with E-state index in [0.717, 1.165) is 18.2 Å². The SMILES string of the molecule is CC(C)(C)[Si](C)(C)OC(C(=O)O)C1([C@@H]2CCC[C@H](c3cc(F)cc(F)c3)N2S(=O)(=O)c2ccc(Cl)cc2)CC1. The second-order valence-corrected chi connectivity index (χ2v) is 19.3. The van der Waals surface area contributed by atoms with Gasteiger partial charge in [0.05, 0.1) is 10.9 Å². The number of sulfonamides is 1. The van der Waals surface area contributed by atoms with Crippen LogP contribution in [0.4, 0.5) is 8.78 Å². The molecule has 1 aliphatic carbocycles. The van der Waals surface area contributed by atoms with Crippen molar-refractivity contribution in [3.63, 3.8) is 0 Å². The first-order chi connectivity index (χ1) is 18.0. The molecule has 214 valence electrons. The number of hydrogen-bond donors (Lipinski definition) is 1. The van der Waals surface area contributed by atoms with E-state index in [-0.39, 0.29) is 15.5 Å². The standard InChI is InChI=1S/C28H36ClF2NO5SSi/c1-27(2,3)39(4,5)37-25(26(33)34)28(13-14-28)24-8-6-7-23(18-15-20(30)17-21(31)16-18)32(24)38(35,36)22-11-9-19(29)10-12-22/h9-12,15-17,23-25H,6-8,13-14H2,1-5H3,(H,33,34)/t23-,24+,25?/m1/s1. The van der Waals surface area contributed by atoms with Crippen LogP contribution in [-0.2, 0) is 19.2 Å². The van der Waals surface area contributed by atoms with Crippen molar-refractivity contribution in [3.05, 3.63) is 64.7 Å². The first-order valence-electron chi connectivity index (χ1n) is 13.2. The van der Waals surface area contributed by atoms with Gasteiger partial charge in [0.2, 0.25) is 10.0 Å². The summed E-state index contributed by atoms with van der Waals surface area (Å²) in [4.78, 5) is 12.7. The Balaban J connectivity index is 1.86. The lowest BCUT2D eigenvalue weighted by molar-refractivity contribution is -0.151. The maximum absolute atomic E-state index is 14.3. The highest BCUT2D eigenvalue weighted by Gasteiger charge is 2.64. The number of piperidine rings is 1. The van der Waals surface area contributed by atoms with Crippen molar-refractivity contribution in [3.8, 4) is 0 Å². The maximum atomic E-state index is 14.3. The van der Waals surface area contributed by atoms with Crippen molar-refractivity contribution < 1.29 is 31.5 Å². The number of carbonyl (C=O) groups is 1. The van der Waals surface area contributed by atoms with Gasteiger partial charge in [-0.25, -0.2) is 22.0 Å². The number of nitrogens with zero attached hydrogens (tertiary/aromatic N) is 1. The monoisotopic (exact) mass is 599 g/mol. The lowest BCUT2D eigenvalue weighted by atomic mass is 9.81. The van der Waals surface area contributed by atoms with E-state index in [1.165, 1.54) is 28.6 Å². The Hall–Kier alpha value is -1.85. The van der Waals surface area contributed by atoms with Crippen molar-refractivity contribution in [1.29, 1.82) is 0 Å². The highest BCUT2D eigenvalue weighted by atomic mass is 35.5. The van der Waals surface area contributed by atoms with Crippen LogP contribution in [0.2, 0.25) is 23.2 Å². The molecule has 3 atom stereocenters. The van der Waals surface area contributed by atoms with E-state index >= 15 is 0 Å². The summed E-state index contributed by atoms with van der Waals surface area (Å²) in [6.45, 7) is 10.00. The Labute approximate surface area is 235 Å². The van der Waals surface area contributed by atoms with Crippen molar-refractivity contribution in [2.24, 2.45) is 5.41 Å². The number of halogens is 3. The second kappa shape index (κ2) is 10.5. The lowest BCUT2D eigenvalue weighted by Crippen LogP contribution is -2.57. The fraction of sp³-hybridized carbons (Fsp3) is 0.536. The molecule has 0 amide bonds. The molecule has 1 saturated heterocycles. The third-order valence-electron chi connectivity index (χ3n) is 8.68. The number of aliphatic carboxylic acids is 1. The molecule has 0 aromatic heterocycles. The van der Waals surface area contributed by atoms with Gasteiger partial charge in [0.25, 0.3) is 0 Å². The Morgan fingerprint density at radius 2 is 1.67 bits per heavy atom. The Bertz CT molecular complexity index is 1320. The number of carboxylic acids is 1. The topological polar surface area (TPSA) is 83.9 Å². The molecular formula is C28H36ClF2NO5SSi. The molecule has 6 nitrogen and oxygen atoms in total. The van der Waals surface area contributed by atoms with Crippen LogP contribution in [-0.4, -0.2) is 44.3 Å². The molecule has 1 unspecified atom stereocenters. The molecule has 2 aliphatic rings. The molecule has 39 heavy (non-hydrogen) atoms. The summed E-state index contributed by atoms with van der Waals surface area (Å²) in [6, 6.07) is 7.16. The Morgan fingerprint density at radius 3 is 2.15 bits per heavy atom. The van der Waals surface area contributed by atoms with Crippen LogP contribution in [0.1, 0.15) is 64.5 Å². The molecule has 2 fully saturated rings. The summed E-state index contributed by atoms with van der Waals surface area (Å²) in [5.74, 6) is -2.73. The van der Waals surface area contributed by atoms with Gasteiger partial charge in [-0.15, -0.1) is 0 Å². The zero-order chi connectivity index (χ0) is 29.0. The zero-order valence-electron chi connectivity index (χ0n) is 22.9. The van der Waals surface area contributed by atoms with Crippen LogP contribution in [0.3, 0.4) is 0 Å². The summed E-state index contributed by atoms with van der Waals surface area (Å²) in [7, 11) is -6.79. The van der Waals surface area contributed by atoms with E-state index in [1.54, 1.807) is 0 Å². The molecule has 4 rings (SSSR count). The summed E-state index contributed by atoms with van der Waals surface area (Å²) in [5, 5.41) is 10.5. The lowest BCUT2D eigenvalue weighted by Gasteiger charge is -2.48. The molecule has 1 saturated carbocycles. The number of carboxylic acid groups (broad SMARTS) is 1. The number of rotatable bonds is 8. The van der Waals surface area contributed by atoms with Crippen molar-refractivity contribution >= 4 is 35.9 Å². The quantitative estimate of drug-likeness (QED) is 0.326. The van der Waals surface area contributed by atoms with Gasteiger partial charge in [-0.1, -0.05) is 32.4 Å². The van der Waals surface area contributed by atoms with Gasteiger partial charge >= 0.3 is 5.97 Å². The summed E-state index contributed by atoms with van der Waals surface area (Å²) in [6.07, 6.45) is 1.04. The molecule has 1 N–H and O–H groups in total. The van der Waals surface area contributed by atoms with E-state index in [1.807, 2.05) is 33.9 Å². The minimum Gasteiger partial charge on any atom is -0.479 e. The molecule has 1 heterocycles. The van der Waals surface area contributed by atoms with Crippen molar-refractivity contribution in [1.82, 2.24) is 4.31 Å². The minimum absolute atomic E-state index is 0.0198. The van der Waals surface area contributed by atoms with Gasteiger partial charge < -0.3 is 9.53 Å². The average Bonchev–Trinajstić information content (AvgIpc) is 3.62. The van der Waals surface area contributed by atoms with E-state index in [2.05, 4.69) is 0 Å². The highest BCUT2D eigenvalue weighted by Crippen LogP contribution is 2.60. The fourth-order valence-corrected chi connectivity index (χ4v) is 8.80. The fourth-order valence-electron chi connectivity index (χ4n) is 5.46. The van der Waals surface area contributed by atoms with E-state index in [9.17, 15) is 27.1 Å². The predicted molar refractivity (Wildman–Crippen MR) is 149 cm³/mol. The van der Waals surface area contributed by atoms with Crippen LogP contribution in [0.5, 0.6) is 0 Å². The van der Waals surface area contributed by atoms with E-state index < -0.39 is 59.5 Å². The van der Waals surface area contributed by atoms with Crippen LogP contribution in [0, 0.1) is 17.0 Å². The molecule has 0 radical (unpaired) electrons. The number of hydrogen-bond acceptors (Lipinski definition) is 4. The summed E-state index contributed by atoms with van der Waals surface area (Å²) >= 11 is 6.02. The highest BCUT2D eigenvalue weighted by molar-refractivity contribution is 7.89. The van der Waals surface area contributed by atoms with Crippen molar-refractivity contribution in [2.75, 3.05) is 0 Å². The minimum atomic E-state index is -4.23. The molecule has 2 aromatic rings. The zero-order valence-corrected chi connectivity index (χ0v) is 25.5. The van der Waals surface area contributed by atoms with Gasteiger partial charge in [0, 0.05) is 22.5 Å². The summed E-state index contributed by atoms with van der Waals surface area (Å²) in [5.41, 5.74) is -0.770. The smallest absolute Gasteiger partial charge is 0.332 e. The Morgan fingerprint density at radius 1 is 1.10 bits per heavy atom. The third-order valence-corrected chi connectivity index (χ3v) is 15.3. The first kappa shape index (κ1) is 30.1. The van der Waals surface area contributed by atoms with Gasteiger partial charge in [-0.2, -0.15) is 4.31 Å². The van der Waals surface area contributed by atoms with E-state index in [0.29, 0.717) is 37.1 Å². The van der Waals surface area contributed by atoms with Gasteiger partial charge in [-0.05, 0) is 92.2 Å². The third kappa shape index (κ3) is 5.81.